The minimum atomic E-state index is -0.539. The van der Waals surface area contributed by atoms with Crippen LogP contribution in [0.1, 0.15) is 30.0 Å². The Labute approximate surface area is 194 Å². The predicted molar refractivity (Wildman–Crippen MR) is 125 cm³/mol. The molecule has 1 N–H and O–H groups in total. The van der Waals surface area contributed by atoms with Gasteiger partial charge in [0.15, 0.2) is 0 Å². The van der Waals surface area contributed by atoms with E-state index in [1.807, 2.05) is 54.8 Å². The monoisotopic (exact) mass is 460 g/mol. The molecule has 0 aliphatic carbocycles. The fourth-order valence-electron chi connectivity index (χ4n) is 3.96. The molecule has 1 unspecified atom stereocenters. The summed E-state index contributed by atoms with van der Waals surface area (Å²) in [4.78, 5) is 20.3. The van der Waals surface area contributed by atoms with E-state index >= 15 is 0 Å². The highest BCUT2D eigenvalue weighted by atomic mass is 32.1. The number of rotatable bonds is 6. The molecule has 6 nitrogen and oxygen atoms in total. The average molecular weight is 461 g/mol. The Balaban J connectivity index is 1.54. The van der Waals surface area contributed by atoms with Crippen LogP contribution in [0.5, 0.6) is 0 Å². The molecule has 1 aliphatic heterocycles. The van der Waals surface area contributed by atoms with Crippen LogP contribution in [-0.2, 0) is 6.42 Å². The van der Waals surface area contributed by atoms with Crippen LogP contribution < -0.4 is 5.32 Å². The summed E-state index contributed by atoms with van der Waals surface area (Å²) in [6.45, 7) is 2.37. The van der Waals surface area contributed by atoms with Crippen LogP contribution in [0, 0.1) is 5.82 Å². The third-order valence-corrected chi connectivity index (χ3v) is 6.53. The largest absolute Gasteiger partial charge is 0.334 e. The topological polar surface area (TPSA) is 71.3 Å². The lowest BCUT2D eigenvalue weighted by Gasteiger charge is -2.35. The van der Waals surface area contributed by atoms with Crippen molar-refractivity contribution in [3.63, 3.8) is 0 Å². The summed E-state index contributed by atoms with van der Waals surface area (Å²) in [5.41, 5.74) is 3.30. The fourth-order valence-corrected chi connectivity index (χ4v) is 4.61. The molecule has 2 aromatic heterocycles. The second-order valence-electron chi connectivity index (χ2n) is 7.72. The summed E-state index contributed by atoms with van der Waals surface area (Å²) in [5, 5.41) is 9.14. The average Bonchev–Trinajstić information content (AvgIpc) is 3.52. The van der Waals surface area contributed by atoms with Crippen LogP contribution in [0.25, 0.3) is 16.3 Å². The Hall–Kier alpha value is -3.78. The number of nitrogens with zero attached hydrogens (tertiary/aromatic N) is 3. The molecule has 2 amide bonds. The molecule has 8 heteroatoms. The second kappa shape index (κ2) is 8.99. The standard InChI is InChI=1S/C25H21FN4O2S/c1-16-21(24-28-23(29-32-24)20-8-5-15-33-20)22(18-9-11-19(26)12-10-18)27-25(31)30(16)14-13-17-6-3-2-4-7-17/h2-12,15,22H,13-14H2,1H3,(H,27,31). The van der Waals surface area contributed by atoms with E-state index in [9.17, 15) is 9.18 Å². The maximum absolute atomic E-state index is 13.6. The molecule has 0 radical (unpaired) electrons. The number of halogens is 1. The van der Waals surface area contributed by atoms with Gasteiger partial charge in [0.25, 0.3) is 5.89 Å². The van der Waals surface area contributed by atoms with Gasteiger partial charge in [-0.05, 0) is 48.1 Å². The van der Waals surface area contributed by atoms with E-state index in [1.165, 1.54) is 23.5 Å². The van der Waals surface area contributed by atoms with Crippen molar-refractivity contribution < 1.29 is 13.7 Å². The lowest BCUT2D eigenvalue weighted by Crippen LogP contribution is -2.46. The van der Waals surface area contributed by atoms with Crippen molar-refractivity contribution in [1.29, 1.82) is 0 Å². The lowest BCUT2D eigenvalue weighted by atomic mass is 9.94. The molecule has 5 rings (SSSR count). The maximum atomic E-state index is 13.6. The second-order valence-corrected chi connectivity index (χ2v) is 8.67. The van der Waals surface area contributed by atoms with E-state index in [1.54, 1.807) is 17.0 Å². The zero-order valence-corrected chi connectivity index (χ0v) is 18.7. The first-order valence-corrected chi connectivity index (χ1v) is 11.4. The molecule has 0 saturated heterocycles. The highest BCUT2D eigenvalue weighted by Gasteiger charge is 2.35. The molecule has 166 valence electrons. The Kier molecular flexibility index (Phi) is 5.75. The van der Waals surface area contributed by atoms with Gasteiger partial charge in [0, 0.05) is 12.2 Å². The van der Waals surface area contributed by atoms with Gasteiger partial charge < -0.3 is 9.84 Å². The van der Waals surface area contributed by atoms with Crippen LogP contribution in [0.15, 0.2) is 82.3 Å². The SMILES string of the molecule is CC1=C(c2nc(-c3cccs3)no2)C(c2ccc(F)cc2)NC(=O)N1CCc1ccccc1. The fraction of sp³-hybridized carbons (Fsp3) is 0.160. The number of amides is 2. The quantitative estimate of drug-likeness (QED) is 0.402. The number of allylic oxidation sites excluding steroid dienone is 1. The van der Waals surface area contributed by atoms with Crippen molar-refractivity contribution in [1.82, 2.24) is 20.4 Å². The van der Waals surface area contributed by atoms with Crippen molar-refractivity contribution in [3.8, 4) is 10.7 Å². The minimum Gasteiger partial charge on any atom is -0.334 e. The molecule has 0 fully saturated rings. The lowest BCUT2D eigenvalue weighted by molar-refractivity contribution is 0.205. The number of nitrogens with one attached hydrogen (secondary N) is 1. The van der Waals surface area contributed by atoms with Crippen molar-refractivity contribution in [2.45, 2.75) is 19.4 Å². The summed E-state index contributed by atoms with van der Waals surface area (Å²) in [5.74, 6) is 0.478. The summed E-state index contributed by atoms with van der Waals surface area (Å²) >= 11 is 1.52. The smallest absolute Gasteiger partial charge is 0.322 e. The maximum Gasteiger partial charge on any atom is 0.322 e. The number of carbonyl (C=O) groups is 1. The van der Waals surface area contributed by atoms with Gasteiger partial charge >= 0.3 is 6.03 Å². The normalized spacial score (nSPS) is 16.2. The third-order valence-electron chi connectivity index (χ3n) is 5.66. The summed E-state index contributed by atoms with van der Waals surface area (Å²) in [6.07, 6.45) is 0.699. The molecule has 0 bridgehead atoms. The van der Waals surface area contributed by atoms with E-state index in [4.69, 9.17) is 4.52 Å². The molecule has 3 heterocycles. The van der Waals surface area contributed by atoms with Gasteiger partial charge in [0.2, 0.25) is 5.82 Å². The molecular weight excluding hydrogens is 439 g/mol. The zero-order chi connectivity index (χ0) is 22.8. The molecule has 0 saturated carbocycles. The van der Waals surface area contributed by atoms with Gasteiger partial charge in [-0.15, -0.1) is 11.3 Å². The number of aromatic nitrogens is 2. The van der Waals surface area contributed by atoms with E-state index in [0.29, 0.717) is 30.3 Å². The third kappa shape index (κ3) is 4.29. The molecular formula is C25H21FN4O2S. The van der Waals surface area contributed by atoms with Crippen LogP contribution in [0.3, 0.4) is 0 Å². The first kappa shape index (κ1) is 21.1. The molecule has 2 aromatic carbocycles. The Bertz CT molecular complexity index is 1280. The number of thiophene rings is 1. The van der Waals surface area contributed by atoms with Gasteiger partial charge in [-0.1, -0.05) is 53.7 Å². The first-order chi connectivity index (χ1) is 16.1. The zero-order valence-electron chi connectivity index (χ0n) is 17.9. The van der Waals surface area contributed by atoms with Crippen LogP contribution in [-0.4, -0.2) is 27.6 Å². The number of carbonyl (C=O) groups excluding carboxylic acids is 1. The van der Waals surface area contributed by atoms with Gasteiger partial charge in [0.1, 0.15) is 5.82 Å². The first-order valence-electron chi connectivity index (χ1n) is 10.6. The molecule has 0 spiro atoms. The predicted octanol–water partition coefficient (Wildman–Crippen LogP) is 5.68. The summed E-state index contributed by atoms with van der Waals surface area (Å²) in [7, 11) is 0. The number of hydrogen-bond donors (Lipinski definition) is 1. The van der Waals surface area contributed by atoms with E-state index in [-0.39, 0.29) is 11.8 Å². The van der Waals surface area contributed by atoms with E-state index in [2.05, 4.69) is 15.5 Å². The van der Waals surface area contributed by atoms with Gasteiger partial charge in [0.05, 0.1) is 16.5 Å². The van der Waals surface area contributed by atoms with Crippen LogP contribution >= 0.6 is 11.3 Å². The highest BCUT2D eigenvalue weighted by Crippen LogP contribution is 2.37. The molecule has 1 aliphatic rings. The van der Waals surface area contributed by atoms with Crippen molar-refractivity contribution >= 4 is 22.9 Å². The van der Waals surface area contributed by atoms with Crippen molar-refractivity contribution in [2.24, 2.45) is 0 Å². The number of benzene rings is 2. The number of hydrogen-bond acceptors (Lipinski definition) is 5. The molecule has 1 atom stereocenters. The highest BCUT2D eigenvalue weighted by molar-refractivity contribution is 7.13. The van der Waals surface area contributed by atoms with Gasteiger partial charge in [-0.2, -0.15) is 4.98 Å². The Morgan fingerprint density at radius 1 is 1.09 bits per heavy atom. The van der Waals surface area contributed by atoms with Crippen LogP contribution in [0.2, 0.25) is 0 Å². The Morgan fingerprint density at radius 3 is 2.61 bits per heavy atom. The number of urea groups is 1. The van der Waals surface area contributed by atoms with Crippen molar-refractivity contribution in [2.75, 3.05) is 6.54 Å². The minimum absolute atomic E-state index is 0.223. The Morgan fingerprint density at radius 2 is 1.88 bits per heavy atom. The van der Waals surface area contributed by atoms with Gasteiger partial charge in [-0.25, -0.2) is 9.18 Å². The van der Waals surface area contributed by atoms with Crippen molar-refractivity contribution in [3.05, 3.63) is 101 Å². The summed E-state index contributed by atoms with van der Waals surface area (Å²) < 4.78 is 19.2. The van der Waals surface area contributed by atoms with Crippen LogP contribution in [0.4, 0.5) is 9.18 Å². The summed E-state index contributed by atoms with van der Waals surface area (Å²) in [6, 6.07) is 19.2. The molecule has 4 aromatic rings. The molecule has 33 heavy (non-hydrogen) atoms. The van der Waals surface area contributed by atoms with E-state index in [0.717, 1.165) is 21.7 Å². The van der Waals surface area contributed by atoms with Gasteiger partial charge in [-0.3, -0.25) is 4.90 Å². The van der Waals surface area contributed by atoms with E-state index < -0.39 is 6.04 Å².